The summed E-state index contributed by atoms with van der Waals surface area (Å²) >= 11 is 0. The highest BCUT2D eigenvalue weighted by Crippen LogP contribution is 2.55. The van der Waals surface area contributed by atoms with E-state index in [1.165, 1.54) is 44.5 Å². The van der Waals surface area contributed by atoms with E-state index < -0.39 is 65.0 Å². The summed E-state index contributed by atoms with van der Waals surface area (Å²) in [5.74, 6) is -2.20. The van der Waals surface area contributed by atoms with Crippen LogP contribution in [-0.4, -0.2) is 84.3 Å². The number of fused-ring (bicyclic) bond motifs is 3. The predicted octanol–water partition coefficient (Wildman–Crippen LogP) is 12.9. The number of rotatable bonds is 26. The first-order chi connectivity index (χ1) is 34.6. The van der Waals surface area contributed by atoms with E-state index in [1.807, 2.05) is 0 Å². The Morgan fingerprint density at radius 2 is 0.919 bits per heavy atom. The molecule has 1 aliphatic carbocycles. The molecule has 0 saturated heterocycles. The summed E-state index contributed by atoms with van der Waals surface area (Å²) in [5, 5.41) is 5.10. The molecule has 0 heterocycles. The van der Waals surface area contributed by atoms with E-state index in [2.05, 4.69) is 85.1 Å². The lowest BCUT2D eigenvalue weighted by Gasteiger charge is -2.33. The van der Waals surface area contributed by atoms with Crippen molar-refractivity contribution in [3.05, 3.63) is 82.9 Å². The van der Waals surface area contributed by atoms with E-state index in [-0.39, 0.29) is 50.4 Å². The first kappa shape index (κ1) is 60.6. The minimum atomic E-state index is -1.07. The zero-order valence-electron chi connectivity index (χ0n) is 46.7. The lowest BCUT2D eigenvalue weighted by Crippen LogP contribution is -2.46. The van der Waals surface area contributed by atoms with Crippen molar-refractivity contribution in [2.24, 2.45) is 0 Å². The van der Waals surface area contributed by atoms with E-state index >= 15 is 0 Å². The Balaban J connectivity index is 1.37. The second kappa shape index (κ2) is 27.6. The largest absolute Gasteiger partial charge is 0.466 e. The Morgan fingerprint density at radius 3 is 1.39 bits per heavy atom. The molecule has 0 radical (unpaired) electrons. The number of esters is 4. The van der Waals surface area contributed by atoms with Gasteiger partial charge in [-0.3, -0.25) is 9.59 Å². The molecule has 14 heteroatoms. The molecule has 2 amide bonds. The average molecular weight is 1030 g/mol. The molecule has 0 aromatic heterocycles. The summed E-state index contributed by atoms with van der Waals surface area (Å²) in [5.41, 5.74) is 7.48. The Morgan fingerprint density at radius 1 is 0.500 bits per heavy atom. The van der Waals surface area contributed by atoms with Crippen LogP contribution in [0.1, 0.15) is 188 Å². The van der Waals surface area contributed by atoms with Gasteiger partial charge in [-0.2, -0.15) is 0 Å². The number of hydrogen-bond acceptors (Lipinski definition) is 12. The summed E-state index contributed by atoms with van der Waals surface area (Å²) in [6, 6.07) is 20.3. The lowest BCUT2D eigenvalue weighted by molar-refractivity contribution is -0.159. The van der Waals surface area contributed by atoms with Gasteiger partial charge in [-0.25, -0.2) is 19.2 Å². The van der Waals surface area contributed by atoms with Gasteiger partial charge in [0.25, 0.3) is 0 Å². The first-order valence-corrected chi connectivity index (χ1v) is 26.7. The number of alkyl carbamates (subject to hydrolysis) is 2. The molecule has 14 nitrogen and oxygen atoms in total. The van der Waals surface area contributed by atoms with Gasteiger partial charge in [-0.1, -0.05) is 104 Å². The number of benzene rings is 3. The highest BCUT2D eigenvalue weighted by Gasteiger charge is 2.42. The molecule has 4 rings (SSSR count). The zero-order chi connectivity index (χ0) is 54.9. The predicted molar refractivity (Wildman–Crippen MR) is 288 cm³/mol. The van der Waals surface area contributed by atoms with Crippen molar-refractivity contribution in [2.45, 2.75) is 220 Å². The van der Waals surface area contributed by atoms with Crippen LogP contribution in [0.2, 0.25) is 0 Å². The summed E-state index contributed by atoms with van der Waals surface area (Å²) in [7, 11) is 0. The van der Waals surface area contributed by atoms with Crippen LogP contribution in [-0.2, 0) is 53.0 Å². The van der Waals surface area contributed by atoms with Crippen molar-refractivity contribution in [2.75, 3.05) is 13.2 Å². The fraction of sp³-hybridized carbons (Fsp3) is 0.600. The van der Waals surface area contributed by atoms with Crippen LogP contribution in [0.4, 0.5) is 9.59 Å². The van der Waals surface area contributed by atoms with Gasteiger partial charge in [-0.15, -0.1) is 0 Å². The van der Waals surface area contributed by atoms with Gasteiger partial charge in [0.2, 0.25) is 0 Å². The normalized spacial score (nSPS) is 15.0. The Hall–Kier alpha value is -5.92. The van der Waals surface area contributed by atoms with Crippen molar-refractivity contribution in [3.63, 3.8) is 0 Å². The second-order valence-corrected chi connectivity index (χ2v) is 23.0. The summed E-state index contributed by atoms with van der Waals surface area (Å²) in [6.45, 7) is 23.8. The SMILES string of the molecule is Cc1ccc(-c2ccc3c(c2)C(CCCCCCOC(=O)CC[C@H](NC(=O)OC(C)C)C(=O)OC(C)(C)C)(CCCCCCOC(=O)CC[C@@H](NC(=O)OC(C)(C)C)C(=O)OC(C)(C)C)c2cc(C)ccc2-3)cc1. The molecule has 0 bridgehead atoms. The van der Waals surface area contributed by atoms with E-state index in [0.717, 1.165) is 51.4 Å². The Kier molecular flexibility index (Phi) is 22.6. The van der Waals surface area contributed by atoms with Crippen molar-refractivity contribution in [1.29, 1.82) is 0 Å². The van der Waals surface area contributed by atoms with E-state index in [9.17, 15) is 28.8 Å². The van der Waals surface area contributed by atoms with Crippen LogP contribution in [0, 0.1) is 13.8 Å². The molecule has 74 heavy (non-hydrogen) atoms. The third kappa shape index (κ3) is 20.4. The summed E-state index contributed by atoms with van der Waals surface area (Å²) in [4.78, 5) is 76.5. The van der Waals surface area contributed by atoms with Crippen LogP contribution < -0.4 is 10.6 Å². The zero-order valence-corrected chi connectivity index (χ0v) is 46.7. The standard InChI is InChI=1S/C60H86N2O12/c1-40(2)71-55(67)61-49(53(65)72-57(5,6)7)30-32-51(63)69-36-20-16-14-18-34-60(47-38-42(4)24-28-45(47)46-29-27-44(39-48(46)60)43-25-22-41(3)23-26-43)35-19-15-17-21-37-70-52(64)33-31-50(54(66)73-58(8,9)10)62-56(68)74-59(11,12)13/h22-29,38-40,49-50H,14-21,30-37H2,1-13H3,(H,61,67)(H,62,68)/t49-,50+,60?/m0/s1. The van der Waals surface area contributed by atoms with E-state index in [1.54, 1.807) is 76.2 Å². The number of aryl methyl sites for hydroxylation is 2. The van der Waals surface area contributed by atoms with Crippen LogP contribution in [0.15, 0.2) is 60.7 Å². The maximum absolute atomic E-state index is 13.0. The maximum Gasteiger partial charge on any atom is 0.408 e. The number of carbonyl (C=O) groups excluding carboxylic acids is 6. The van der Waals surface area contributed by atoms with Crippen LogP contribution >= 0.6 is 0 Å². The van der Waals surface area contributed by atoms with Gasteiger partial charge < -0.3 is 39.1 Å². The number of carbonyl (C=O) groups is 6. The van der Waals surface area contributed by atoms with Crippen LogP contribution in [0.3, 0.4) is 0 Å². The van der Waals surface area contributed by atoms with Gasteiger partial charge >= 0.3 is 36.1 Å². The van der Waals surface area contributed by atoms with Gasteiger partial charge in [-0.05, 0) is 168 Å². The van der Waals surface area contributed by atoms with Gasteiger partial charge in [0.15, 0.2) is 0 Å². The number of ether oxygens (including phenoxy) is 6. The van der Waals surface area contributed by atoms with Crippen LogP contribution in [0.5, 0.6) is 0 Å². The highest BCUT2D eigenvalue weighted by atomic mass is 16.6. The van der Waals surface area contributed by atoms with Crippen molar-refractivity contribution < 1.29 is 57.2 Å². The number of hydrogen-bond donors (Lipinski definition) is 2. The number of unbranched alkanes of at least 4 members (excludes halogenated alkanes) is 6. The Bertz CT molecular complexity index is 2350. The molecule has 0 saturated carbocycles. The highest BCUT2D eigenvalue weighted by molar-refractivity contribution is 5.85. The molecule has 408 valence electrons. The van der Waals surface area contributed by atoms with Crippen molar-refractivity contribution in [3.8, 4) is 22.3 Å². The topological polar surface area (TPSA) is 182 Å². The molecule has 2 N–H and O–H groups in total. The molecular formula is C60H86N2O12. The van der Waals surface area contributed by atoms with Crippen molar-refractivity contribution in [1.82, 2.24) is 10.6 Å². The summed E-state index contributed by atoms with van der Waals surface area (Å²) < 4.78 is 32.7. The minimum Gasteiger partial charge on any atom is -0.466 e. The smallest absolute Gasteiger partial charge is 0.408 e. The van der Waals surface area contributed by atoms with Gasteiger partial charge in [0, 0.05) is 18.3 Å². The van der Waals surface area contributed by atoms with Crippen LogP contribution in [0.25, 0.3) is 22.3 Å². The van der Waals surface area contributed by atoms with Gasteiger partial charge in [0.1, 0.15) is 28.9 Å². The number of nitrogens with one attached hydrogen (secondary N) is 2. The molecule has 3 atom stereocenters. The monoisotopic (exact) mass is 1030 g/mol. The molecule has 0 fully saturated rings. The maximum atomic E-state index is 13.0. The molecule has 0 aliphatic heterocycles. The Labute approximate surface area is 441 Å². The molecular weight excluding hydrogens is 941 g/mol. The fourth-order valence-corrected chi connectivity index (χ4v) is 9.09. The average Bonchev–Trinajstić information content (AvgIpc) is 3.54. The molecule has 3 aromatic carbocycles. The molecule has 0 spiro atoms. The minimum absolute atomic E-state index is 0.00815. The third-order valence-electron chi connectivity index (χ3n) is 12.4. The van der Waals surface area contributed by atoms with Crippen molar-refractivity contribution >= 4 is 36.1 Å². The van der Waals surface area contributed by atoms with Gasteiger partial charge in [0.05, 0.1) is 19.3 Å². The third-order valence-corrected chi connectivity index (χ3v) is 12.4. The lowest BCUT2D eigenvalue weighted by atomic mass is 9.70. The number of amides is 2. The quantitative estimate of drug-likeness (QED) is 0.0442. The van der Waals surface area contributed by atoms with E-state index in [0.29, 0.717) is 12.8 Å². The fourth-order valence-electron chi connectivity index (χ4n) is 9.09. The second-order valence-electron chi connectivity index (χ2n) is 23.0. The molecule has 1 unspecified atom stereocenters. The first-order valence-electron chi connectivity index (χ1n) is 26.7. The summed E-state index contributed by atoms with van der Waals surface area (Å²) in [6.07, 6.45) is 6.76. The molecule has 3 aromatic rings. The van der Waals surface area contributed by atoms with E-state index in [4.69, 9.17) is 28.4 Å². The molecule has 1 aliphatic rings.